The van der Waals surface area contributed by atoms with Crippen LogP contribution in [0, 0.1) is 12.8 Å². The zero-order valence-corrected chi connectivity index (χ0v) is 27.4. The maximum atomic E-state index is 14.7. The molecule has 43 heavy (non-hydrogen) atoms. The summed E-state index contributed by atoms with van der Waals surface area (Å²) in [5.41, 5.74) is 1.69. The maximum absolute atomic E-state index is 14.7. The summed E-state index contributed by atoms with van der Waals surface area (Å²) < 4.78 is 5.54. The second-order valence-electron chi connectivity index (χ2n) is 12.9. The normalized spacial score (nSPS) is 13.6. The molecule has 0 aliphatic heterocycles. The molecule has 0 heterocycles. The number of carbonyl (C=O) groups is 3. The van der Waals surface area contributed by atoms with Gasteiger partial charge in [-0.3, -0.25) is 9.59 Å². The van der Waals surface area contributed by atoms with Gasteiger partial charge in [0.15, 0.2) is 0 Å². The average molecular weight is 596 g/mol. The van der Waals surface area contributed by atoms with E-state index in [0.717, 1.165) is 42.4 Å². The molecule has 8 nitrogen and oxygen atoms in total. The highest BCUT2D eigenvalue weighted by Crippen LogP contribution is 2.29. The van der Waals surface area contributed by atoms with E-state index in [-0.39, 0.29) is 30.0 Å². The molecule has 238 valence electrons. The van der Waals surface area contributed by atoms with E-state index in [1.165, 1.54) is 0 Å². The van der Waals surface area contributed by atoms with E-state index >= 15 is 0 Å². The van der Waals surface area contributed by atoms with Crippen LogP contribution in [-0.2, 0) is 20.7 Å². The minimum atomic E-state index is -1.01. The first-order chi connectivity index (χ1) is 20.2. The predicted molar refractivity (Wildman–Crippen MR) is 172 cm³/mol. The largest absolute Gasteiger partial charge is 0.508 e. The highest BCUT2D eigenvalue weighted by atomic mass is 16.6. The molecule has 3 unspecified atom stereocenters. The number of phenols is 1. The number of unbranched alkanes of at least 4 members (excludes halogenated alkanes) is 2. The van der Waals surface area contributed by atoms with Crippen LogP contribution in [-0.4, -0.2) is 52.1 Å². The number of hydrogen-bond acceptors (Lipinski definition) is 5. The standard InChI is InChI=1S/C35H53N3O5/c1-9-10-11-21-36-32(40)31(28-14-12-13-25(4)22-28)38(26(5)16-15-24(2)3)33(41)30(37-34(42)43-35(6,7)8)23-27-17-19-29(39)20-18-27/h12-14,17-20,22,24,26,30-31,39H,9-11,15-16,21,23H2,1-8H3,(H,36,40)(H,37,42). The molecule has 0 aliphatic rings. The van der Waals surface area contributed by atoms with Gasteiger partial charge < -0.3 is 25.4 Å². The van der Waals surface area contributed by atoms with Crippen LogP contribution in [0.3, 0.4) is 0 Å². The average Bonchev–Trinajstić information content (AvgIpc) is 2.92. The molecule has 8 heteroatoms. The van der Waals surface area contributed by atoms with Crippen molar-refractivity contribution in [2.24, 2.45) is 5.92 Å². The lowest BCUT2D eigenvalue weighted by Crippen LogP contribution is -2.56. The zero-order chi connectivity index (χ0) is 32.2. The number of aryl methyl sites for hydroxylation is 1. The van der Waals surface area contributed by atoms with Crippen molar-refractivity contribution in [3.05, 3.63) is 65.2 Å². The first-order valence-corrected chi connectivity index (χ1v) is 15.7. The minimum absolute atomic E-state index is 0.106. The molecule has 0 bridgehead atoms. The number of hydrogen-bond donors (Lipinski definition) is 3. The second-order valence-corrected chi connectivity index (χ2v) is 12.9. The Balaban J connectivity index is 2.61. The Morgan fingerprint density at radius 3 is 2.23 bits per heavy atom. The molecular formula is C35H53N3O5. The summed E-state index contributed by atoms with van der Waals surface area (Å²) in [5.74, 6) is -0.0974. The van der Waals surface area contributed by atoms with Crippen LogP contribution in [0.15, 0.2) is 48.5 Å². The van der Waals surface area contributed by atoms with Crippen molar-refractivity contribution in [2.75, 3.05) is 6.54 Å². The zero-order valence-electron chi connectivity index (χ0n) is 27.4. The fourth-order valence-corrected chi connectivity index (χ4v) is 4.97. The summed E-state index contributed by atoms with van der Waals surface area (Å²) in [6, 6.07) is 12.0. The Labute approximate surface area is 258 Å². The molecule has 3 N–H and O–H groups in total. The van der Waals surface area contributed by atoms with E-state index in [1.54, 1.807) is 49.9 Å². The van der Waals surface area contributed by atoms with Gasteiger partial charge >= 0.3 is 6.09 Å². The van der Waals surface area contributed by atoms with Gasteiger partial charge in [-0.25, -0.2) is 4.79 Å². The Kier molecular flexibility index (Phi) is 14.0. The minimum Gasteiger partial charge on any atom is -0.508 e. The highest BCUT2D eigenvalue weighted by Gasteiger charge is 2.39. The summed E-state index contributed by atoms with van der Waals surface area (Å²) >= 11 is 0. The first-order valence-electron chi connectivity index (χ1n) is 15.7. The fourth-order valence-electron chi connectivity index (χ4n) is 4.97. The molecule has 3 atom stereocenters. The van der Waals surface area contributed by atoms with Crippen LogP contribution >= 0.6 is 0 Å². The van der Waals surface area contributed by atoms with E-state index in [2.05, 4.69) is 31.4 Å². The van der Waals surface area contributed by atoms with Crippen molar-refractivity contribution in [1.82, 2.24) is 15.5 Å². The molecule has 0 saturated carbocycles. The number of benzene rings is 2. The molecule has 2 rings (SSSR count). The number of aromatic hydroxyl groups is 1. The van der Waals surface area contributed by atoms with Crippen LogP contribution < -0.4 is 10.6 Å². The van der Waals surface area contributed by atoms with Crippen molar-refractivity contribution in [3.63, 3.8) is 0 Å². The van der Waals surface area contributed by atoms with E-state index < -0.39 is 23.8 Å². The third-order valence-electron chi connectivity index (χ3n) is 7.22. The molecular weight excluding hydrogens is 542 g/mol. The number of nitrogens with one attached hydrogen (secondary N) is 2. The van der Waals surface area contributed by atoms with E-state index in [4.69, 9.17) is 4.74 Å². The molecule has 0 radical (unpaired) electrons. The third-order valence-corrected chi connectivity index (χ3v) is 7.22. The van der Waals surface area contributed by atoms with Crippen LogP contribution in [0.1, 0.15) is 103 Å². The van der Waals surface area contributed by atoms with Gasteiger partial charge in [0, 0.05) is 19.0 Å². The van der Waals surface area contributed by atoms with Gasteiger partial charge in [-0.1, -0.05) is 75.6 Å². The maximum Gasteiger partial charge on any atom is 0.408 e. The van der Waals surface area contributed by atoms with Crippen LogP contribution in [0.5, 0.6) is 5.75 Å². The predicted octanol–water partition coefficient (Wildman–Crippen LogP) is 6.84. The van der Waals surface area contributed by atoms with Gasteiger partial charge in [-0.15, -0.1) is 0 Å². The van der Waals surface area contributed by atoms with Crippen molar-refractivity contribution in [3.8, 4) is 5.75 Å². The summed E-state index contributed by atoms with van der Waals surface area (Å²) in [6.45, 7) is 16.1. The van der Waals surface area contributed by atoms with Crippen LogP contribution in [0.2, 0.25) is 0 Å². The van der Waals surface area contributed by atoms with E-state index in [0.29, 0.717) is 18.9 Å². The highest BCUT2D eigenvalue weighted by molar-refractivity contribution is 5.92. The molecule has 0 fully saturated rings. The van der Waals surface area contributed by atoms with E-state index in [9.17, 15) is 19.5 Å². The number of nitrogens with zero attached hydrogens (tertiary/aromatic N) is 1. The number of rotatable bonds is 15. The van der Waals surface area contributed by atoms with Gasteiger partial charge in [0.25, 0.3) is 0 Å². The smallest absolute Gasteiger partial charge is 0.408 e. The van der Waals surface area contributed by atoms with Crippen molar-refractivity contribution >= 4 is 17.9 Å². The van der Waals surface area contributed by atoms with Gasteiger partial charge in [0.05, 0.1) is 0 Å². The van der Waals surface area contributed by atoms with Crippen LogP contribution in [0.25, 0.3) is 0 Å². The van der Waals surface area contributed by atoms with Gasteiger partial charge in [0.2, 0.25) is 11.8 Å². The molecule has 0 aliphatic carbocycles. The molecule has 3 amide bonds. The summed E-state index contributed by atoms with van der Waals surface area (Å²) in [4.78, 5) is 43.4. The van der Waals surface area contributed by atoms with Crippen molar-refractivity contribution in [2.45, 2.75) is 118 Å². The Morgan fingerprint density at radius 2 is 1.65 bits per heavy atom. The lowest BCUT2D eigenvalue weighted by atomic mass is 9.95. The monoisotopic (exact) mass is 595 g/mol. The SMILES string of the molecule is CCCCCNC(=O)C(c1cccc(C)c1)N(C(=O)C(Cc1ccc(O)cc1)NC(=O)OC(C)(C)C)C(C)CCC(C)C. The van der Waals surface area contributed by atoms with E-state index in [1.807, 2.05) is 38.1 Å². The lowest BCUT2D eigenvalue weighted by Gasteiger charge is -2.39. The van der Waals surface area contributed by atoms with Gasteiger partial charge in [0.1, 0.15) is 23.4 Å². The van der Waals surface area contributed by atoms with Crippen molar-refractivity contribution < 1.29 is 24.2 Å². The quantitative estimate of drug-likeness (QED) is 0.196. The molecule has 0 spiro atoms. The number of alkyl carbamates (subject to hydrolysis) is 1. The summed E-state index contributed by atoms with van der Waals surface area (Å²) in [7, 11) is 0. The third kappa shape index (κ3) is 12.3. The number of amides is 3. The molecule has 2 aromatic carbocycles. The first kappa shape index (κ1) is 35.6. The summed E-state index contributed by atoms with van der Waals surface area (Å²) in [6.07, 6.45) is 3.88. The van der Waals surface area contributed by atoms with Gasteiger partial charge in [-0.05, 0) is 83.1 Å². The summed E-state index contributed by atoms with van der Waals surface area (Å²) in [5, 5.41) is 15.7. The van der Waals surface area contributed by atoms with Crippen molar-refractivity contribution in [1.29, 1.82) is 0 Å². The Morgan fingerprint density at radius 1 is 0.977 bits per heavy atom. The van der Waals surface area contributed by atoms with Gasteiger partial charge in [-0.2, -0.15) is 0 Å². The van der Waals surface area contributed by atoms with Crippen LogP contribution in [0.4, 0.5) is 4.79 Å². The fraction of sp³-hybridized carbons (Fsp3) is 0.571. The lowest BCUT2D eigenvalue weighted by molar-refractivity contribution is -0.145. The Hall–Kier alpha value is -3.55. The number of ether oxygens (including phenoxy) is 1. The topological polar surface area (TPSA) is 108 Å². The Bertz CT molecular complexity index is 1170. The number of phenolic OH excluding ortho intramolecular Hbond substituents is 1. The molecule has 2 aromatic rings. The second kappa shape index (κ2) is 16.9. The molecule has 0 saturated heterocycles. The number of carbonyl (C=O) groups excluding carboxylic acids is 3. The molecule has 0 aromatic heterocycles.